The summed E-state index contributed by atoms with van der Waals surface area (Å²) in [6.07, 6.45) is 11.9. The smallest absolute Gasteiger partial charge is 0.0132 e. The van der Waals surface area contributed by atoms with Gasteiger partial charge in [0.25, 0.3) is 0 Å². The van der Waals surface area contributed by atoms with Gasteiger partial charge in [0.15, 0.2) is 0 Å². The van der Waals surface area contributed by atoms with Gasteiger partial charge in [0.2, 0.25) is 0 Å². The molecule has 0 aromatic rings. The van der Waals surface area contributed by atoms with Crippen molar-refractivity contribution >= 4 is 15.9 Å². The van der Waals surface area contributed by atoms with Gasteiger partial charge >= 0.3 is 0 Å². The number of hydrogen-bond donors (Lipinski definition) is 0. The lowest BCUT2D eigenvalue weighted by atomic mass is 9.79. The van der Waals surface area contributed by atoms with Crippen molar-refractivity contribution in [2.75, 3.05) is 0 Å². The summed E-state index contributed by atoms with van der Waals surface area (Å²) < 4.78 is 1.23. The fourth-order valence-electron chi connectivity index (χ4n) is 1.51. The van der Waals surface area contributed by atoms with Gasteiger partial charge in [-0.3, -0.25) is 0 Å². The average Bonchev–Trinajstić information content (AvgIpc) is 2.08. The Hall–Kier alpha value is -0.0400. The zero-order valence-corrected chi connectivity index (χ0v) is 9.52. The highest BCUT2D eigenvalue weighted by Crippen LogP contribution is 2.35. The molecule has 1 rings (SSSR count). The summed E-state index contributed by atoms with van der Waals surface area (Å²) in [4.78, 5) is 0. The van der Waals surface area contributed by atoms with Gasteiger partial charge in [0.1, 0.15) is 0 Å². The number of allylic oxidation sites excluding steroid dienone is 4. The van der Waals surface area contributed by atoms with Crippen molar-refractivity contribution in [1.82, 2.24) is 0 Å². The molecule has 0 spiro atoms. The van der Waals surface area contributed by atoms with Crippen LogP contribution in [0.15, 0.2) is 22.7 Å². The summed E-state index contributed by atoms with van der Waals surface area (Å²) in [5, 5.41) is 0. The summed E-state index contributed by atoms with van der Waals surface area (Å²) in [5.74, 6) is 0. The Bertz CT molecular complexity index is 203. The maximum Gasteiger partial charge on any atom is 0.0132 e. The average molecular weight is 229 g/mol. The summed E-state index contributed by atoms with van der Waals surface area (Å²) in [6, 6.07) is 0. The van der Waals surface area contributed by atoms with Gasteiger partial charge < -0.3 is 0 Å². The summed E-state index contributed by atoms with van der Waals surface area (Å²) >= 11 is 3.48. The quantitative estimate of drug-likeness (QED) is 0.671. The second-order valence-corrected chi connectivity index (χ2v) is 4.80. The fourth-order valence-corrected chi connectivity index (χ4v) is 1.81. The predicted molar refractivity (Wildman–Crippen MR) is 58.4 cm³/mol. The van der Waals surface area contributed by atoms with E-state index >= 15 is 0 Å². The maximum atomic E-state index is 3.48. The van der Waals surface area contributed by atoms with E-state index < -0.39 is 0 Å². The predicted octanol–water partition coefficient (Wildman–Crippen LogP) is 4.42. The highest BCUT2D eigenvalue weighted by Gasteiger charge is 2.20. The van der Waals surface area contributed by atoms with Crippen LogP contribution in [0, 0.1) is 5.41 Å². The molecule has 1 aliphatic carbocycles. The van der Waals surface area contributed by atoms with E-state index in [1.165, 1.54) is 30.2 Å². The van der Waals surface area contributed by atoms with E-state index in [4.69, 9.17) is 0 Å². The van der Waals surface area contributed by atoms with Gasteiger partial charge in [-0.1, -0.05) is 60.8 Å². The summed E-state index contributed by atoms with van der Waals surface area (Å²) in [5.41, 5.74) is 0.424. The lowest BCUT2D eigenvalue weighted by molar-refractivity contribution is 0.378. The highest BCUT2D eigenvalue weighted by molar-refractivity contribution is 9.11. The van der Waals surface area contributed by atoms with Crippen molar-refractivity contribution < 1.29 is 0 Å². The van der Waals surface area contributed by atoms with E-state index in [0.29, 0.717) is 5.41 Å². The Morgan fingerprint density at radius 3 is 2.83 bits per heavy atom. The largest absolute Gasteiger partial charge is 0.0772 e. The van der Waals surface area contributed by atoms with E-state index in [1.54, 1.807) is 0 Å². The fraction of sp³-hybridized carbons (Fsp3) is 0.636. The Morgan fingerprint density at radius 2 is 2.33 bits per heavy atom. The second-order valence-electron chi connectivity index (χ2n) is 3.88. The van der Waals surface area contributed by atoms with Crippen LogP contribution < -0.4 is 0 Å². The van der Waals surface area contributed by atoms with Crippen LogP contribution in [-0.4, -0.2) is 0 Å². The molecular formula is C11H17Br. The second kappa shape index (κ2) is 4.27. The number of hydrogen-bond acceptors (Lipinski definition) is 0. The molecule has 68 valence electrons. The van der Waals surface area contributed by atoms with Gasteiger partial charge in [-0.2, -0.15) is 0 Å². The molecule has 12 heavy (non-hydrogen) atoms. The molecular weight excluding hydrogens is 212 g/mol. The van der Waals surface area contributed by atoms with Gasteiger partial charge in [0, 0.05) is 4.48 Å². The third-order valence-electron chi connectivity index (χ3n) is 2.51. The third-order valence-corrected chi connectivity index (χ3v) is 3.10. The minimum absolute atomic E-state index is 0.424. The normalized spacial score (nSPS) is 28.8. The van der Waals surface area contributed by atoms with E-state index in [9.17, 15) is 0 Å². The van der Waals surface area contributed by atoms with Crippen molar-refractivity contribution in [3.8, 4) is 0 Å². The Morgan fingerprint density at radius 1 is 1.58 bits per heavy atom. The lowest BCUT2D eigenvalue weighted by Crippen LogP contribution is -2.13. The molecule has 0 N–H and O–H groups in total. The first-order valence-electron chi connectivity index (χ1n) is 4.71. The van der Waals surface area contributed by atoms with Gasteiger partial charge in [-0.05, 0) is 18.3 Å². The van der Waals surface area contributed by atoms with Crippen molar-refractivity contribution in [2.45, 2.75) is 39.5 Å². The van der Waals surface area contributed by atoms with E-state index in [2.05, 4.69) is 48.0 Å². The summed E-state index contributed by atoms with van der Waals surface area (Å²) in [7, 11) is 0. The first-order valence-corrected chi connectivity index (χ1v) is 5.50. The maximum absolute atomic E-state index is 3.48. The van der Waals surface area contributed by atoms with Crippen LogP contribution in [-0.2, 0) is 0 Å². The minimum Gasteiger partial charge on any atom is -0.0772 e. The Labute approximate surface area is 83.9 Å². The molecule has 0 aromatic carbocycles. The molecule has 1 atom stereocenters. The molecule has 0 saturated carbocycles. The number of halogens is 1. The van der Waals surface area contributed by atoms with Crippen molar-refractivity contribution in [3.05, 3.63) is 22.7 Å². The monoisotopic (exact) mass is 228 g/mol. The van der Waals surface area contributed by atoms with Crippen LogP contribution in [0.2, 0.25) is 0 Å². The molecule has 0 saturated heterocycles. The lowest BCUT2D eigenvalue weighted by Gasteiger charge is -2.26. The third kappa shape index (κ3) is 2.78. The van der Waals surface area contributed by atoms with Crippen LogP contribution in [0.25, 0.3) is 0 Å². The van der Waals surface area contributed by atoms with Gasteiger partial charge in [-0.25, -0.2) is 0 Å². The van der Waals surface area contributed by atoms with Crippen LogP contribution in [0.1, 0.15) is 39.5 Å². The molecule has 0 nitrogen and oxygen atoms in total. The van der Waals surface area contributed by atoms with Crippen molar-refractivity contribution in [3.63, 3.8) is 0 Å². The summed E-state index contributed by atoms with van der Waals surface area (Å²) in [6.45, 7) is 4.59. The first kappa shape index (κ1) is 10.0. The molecule has 0 aromatic heterocycles. The van der Waals surface area contributed by atoms with Crippen LogP contribution in [0.4, 0.5) is 0 Å². The van der Waals surface area contributed by atoms with E-state index in [-0.39, 0.29) is 0 Å². The van der Waals surface area contributed by atoms with Crippen LogP contribution in [0.3, 0.4) is 0 Å². The molecule has 1 unspecified atom stereocenters. The molecule has 0 amide bonds. The Balaban J connectivity index is 2.47. The molecule has 0 aliphatic heterocycles. The first-order chi connectivity index (χ1) is 5.66. The molecule has 0 radical (unpaired) electrons. The molecule has 0 fully saturated rings. The zero-order chi connectivity index (χ0) is 9.03. The zero-order valence-electron chi connectivity index (χ0n) is 7.94. The Kier molecular flexibility index (Phi) is 3.57. The number of rotatable bonds is 3. The van der Waals surface area contributed by atoms with Gasteiger partial charge in [-0.15, -0.1) is 0 Å². The topological polar surface area (TPSA) is 0 Å². The van der Waals surface area contributed by atoms with Crippen molar-refractivity contribution in [2.24, 2.45) is 5.41 Å². The van der Waals surface area contributed by atoms with E-state index in [1.807, 2.05) is 0 Å². The molecule has 0 heterocycles. The standard InChI is InChI=1S/C11H17Br/c1-3-4-7-11(2)8-5-10(12)6-9-11/h5-6,8H,3-4,7,9H2,1-2H3. The highest BCUT2D eigenvalue weighted by atomic mass is 79.9. The van der Waals surface area contributed by atoms with Crippen LogP contribution in [0.5, 0.6) is 0 Å². The molecule has 1 aliphatic rings. The molecule has 1 heteroatoms. The minimum atomic E-state index is 0.424. The van der Waals surface area contributed by atoms with Crippen LogP contribution >= 0.6 is 15.9 Å². The number of unbranched alkanes of at least 4 members (excludes halogenated alkanes) is 1. The van der Waals surface area contributed by atoms with E-state index in [0.717, 1.165) is 0 Å². The SMILES string of the molecule is CCCCC1(C)C=CC(Br)=CC1. The molecule has 0 bridgehead atoms. The van der Waals surface area contributed by atoms with Crippen molar-refractivity contribution in [1.29, 1.82) is 0 Å². The van der Waals surface area contributed by atoms with Gasteiger partial charge in [0.05, 0.1) is 0 Å².